The molecule has 0 spiro atoms. The number of hydrogen-bond donors (Lipinski definition) is 2. The summed E-state index contributed by atoms with van der Waals surface area (Å²) in [6, 6.07) is 4.82. The second-order valence-corrected chi connectivity index (χ2v) is 5.64. The first kappa shape index (κ1) is 14.4. The van der Waals surface area contributed by atoms with E-state index in [-0.39, 0.29) is 0 Å². The van der Waals surface area contributed by atoms with Crippen molar-refractivity contribution in [1.82, 2.24) is 10.6 Å². The minimum absolute atomic E-state index is 0.374. The van der Waals surface area contributed by atoms with Gasteiger partial charge in [-0.3, -0.25) is 0 Å². The Kier molecular flexibility index (Phi) is 4.83. The molecule has 1 heterocycles. The maximum atomic E-state index is 5.62. The van der Waals surface area contributed by atoms with E-state index in [9.17, 15) is 0 Å². The maximum Gasteiger partial charge on any atom is 0.126 e. The fourth-order valence-corrected chi connectivity index (χ4v) is 3.17. The van der Waals surface area contributed by atoms with Crippen molar-refractivity contribution in [3.8, 4) is 5.75 Å². The van der Waals surface area contributed by atoms with Crippen molar-refractivity contribution >= 4 is 0 Å². The molecule has 2 N–H and O–H groups in total. The SMILES string of the molecule is CNC(CC1CCNC1)c1cc(C)cc(C)c1OC. The molecule has 0 amide bonds. The highest BCUT2D eigenvalue weighted by Gasteiger charge is 2.23. The van der Waals surface area contributed by atoms with Crippen LogP contribution in [0.3, 0.4) is 0 Å². The van der Waals surface area contributed by atoms with Crippen LogP contribution in [0, 0.1) is 19.8 Å². The van der Waals surface area contributed by atoms with E-state index in [0.29, 0.717) is 6.04 Å². The average molecular weight is 262 g/mol. The van der Waals surface area contributed by atoms with Gasteiger partial charge >= 0.3 is 0 Å². The van der Waals surface area contributed by atoms with E-state index in [0.717, 1.165) is 24.8 Å². The third kappa shape index (κ3) is 3.28. The Morgan fingerprint density at radius 3 is 2.79 bits per heavy atom. The van der Waals surface area contributed by atoms with Gasteiger partial charge in [0.25, 0.3) is 0 Å². The monoisotopic (exact) mass is 262 g/mol. The second kappa shape index (κ2) is 6.40. The van der Waals surface area contributed by atoms with Crippen LogP contribution in [0.4, 0.5) is 0 Å². The smallest absolute Gasteiger partial charge is 0.126 e. The lowest BCUT2D eigenvalue weighted by Gasteiger charge is -2.23. The van der Waals surface area contributed by atoms with Gasteiger partial charge in [-0.05, 0) is 58.3 Å². The molecule has 1 aliphatic rings. The van der Waals surface area contributed by atoms with E-state index in [2.05, 4.69) is 36.6 Å². The minimum atomic E-state index is 0.374. The van der Waals surface area contributed by atoms with Gasteiger partial charge in [-0.25, -0.2) is 0 Å². The first-order valence-electron chi connectivity index (χ1n) is 7.18. The summed E-state index contributed by atoms with van der Waals surface area (Å²) < 4.78 is 5.62. The van der Waals surface area contributed by atoms with Crippen molar-refractivity contribution < 1.29 is 4.74 Å². The number of methoxy groups -OCH3 is 1. The molecule has 0 aliphatic carbocycles. The van der Waals surface area contributed by atoms with Crippen LogP contribution < -0.4 is 15.4 Å². The number of hydrogen-bond acceptors (Lipinski definition) is 3. The molecule has 0 aromatic heterocycles. The van der Waals surface area contributed by atoms with Gasteiger partial charge in [0, 0.05) is 11.6 Å². The van der Waals surface area contributed by atoms with Crippen LogP contribution in [-0.2, 0) is 0 Å². The minimum Gasteiger partial charge on any atom is -0.496 e. The van der Waals surface area contributed by atoms with Crippen LogP contribution in [0.5, 0.6) is 5.75 Å². The van der Waals surface area contributed by atoms with Gasteiger partial charge in [-0.2, -0.15) is 0 Å². The van der Waals surface area contributed by atoms with E-state index < -0.39 is 0 Å². The zero-order valence-corrected chi connectivity index (χ0v) is 12.5. The Morgan fingerprint density at radius 2 is 2.21 bits per heavy atom. The van der Waals surface area contributed by atoms with Gasteiger partial charge in [0.05, 0.1) is 7.11 Å². The Morgan fingerprint density at radius 1 is 1.42 bits per heavy atom. The number of rotatable bonds is 5. The average Bonchev–Trinajstić information content (AvgIpc) is 2.88. The van der Waals surface area contributed by atoms with Gasteiger partial charge in [0.2, 0.25) is 0 Å². The summed E-state index contributed by atoms with van der Waals surface area (Å²) in [7, 11) is 3.81. The van der Waals surface area contributed by atoms with Gasteiger partial charge in [0.1, 0.15) is 5.75 Å². The second-order valence-electron chi connectivity index (χ2n) is 5.64. The quantitative estimate of drug-likeness (QED) is 0.855. The topological polar surface area (TPSA) is 33.3 Å². The molecular formula is C16H26N2O. The summed E-state index contributed by atoms with van der Waals surface area (Å²) in [5, 5.41) is 6.91. The molecule has 1 aromatic carbocycles. The highest BCUT2D eigenvalue weighted by atomic mass is 16.5. The summed E-state index contributed by atoms with van der Waals surface area (Å²) in [5.74, 6) is 1.80. The maximum absolute atomic E-state index is 5.62. The molecule has 1 fully saturated rings. The van der Waals surface area contributed by atoms with Crippen molar-refractivity contribution in [3.63, 3.8) is 0 Å². The summed E-state index contributed by atoms with van der Waals surface area (Å²) in [4.78, 5) is 0. The van der Waals surface area contributed by atoms with Crippen molar-refractivity contribution in [3.05, 3.63) is 28.8 Å². The van der Waals surface area contributed by atoms with Gasteiger partial charge < -0.3 is 15.4 Å². The largest absolute Gasteiger partial charge is 0.496 e. The molecule has 1 aliphatic heterocycles. The molecule has 2 rings (SSSR count). The van der Waals surface area contributed by atoms with Gasteiger partial charge in [-0.15, -0.1) is 0 Å². The molecular weight excluding hydrogens is 236 g/mol. The van der Waals surface area contributed by atoms with Crippen LogP contribution >= 0.6 is 0 Å². The molecule has 0 bridgehead atoms. The lowest BCUT2D eigenvalue weighted by atomic mass is 9.91. The molecule has 0 radical (unpaired) electrons. The standard InChI is InChI=1S/C16H26N2O/c1-11-7-12(2)16(19-4)14(8-11)15(17-3)9-13-5-6-18-10-13/h7-8,13,15,17-18H,5-6,9-10H2,1-4H3. The zero-order valence-electron chi connectivity index (χ0n) is 12.5. The lowest BCUT2D eigenvalue weighted by Crippen LogP contribution is -2.22. The normalized spacial score (nSPS) is 20.5. The molecule has 1 saturated heterocycles. The van der Waals surface area contributed by atoms with Gasteiger partial charge in [-0.1, -0.05) is 17.7 Å². The van der Waals surface area contributed by atoms with Crippen LogP contribution in [0.25, 0.3) is 0 Å². The zero-order chi connectivity index (χ0) is 13.8. The molecule has 0 saturated carbocycles. The van der Waals surface area contributed by atoms with Crippen molar-refractivity contribution in [1.29, 1.82) is 0 Å². The van der Waals surface area contributed by atoms with E-state index in [1.165, 1.54) is 29.5 Å². The summed E-state index contributed by atoms with van der Waals surface area (Å²) in [5.41, 5.74) is 3.83. The van der Waals surface area contributed by atoms with Crippen LogP contribution in [-0.4, -0.2) is 27.2 Å². The molecule has 106 valence electrons. The van der Waals surface area contributed by atoms with E-state index in [1.807, 2.05) is 7.05 Å². The fraction of sp³-hybridized carbons (Fsp3) is 0.625. The molecule has 2 unspecified atom stereocenters. The highest BCUT2D eigenvalue weighted by molar-refractivity contribution is 5.45. The van der Waals surface area contributed by atoms with Crippen molar-refractivity contribution in [2.24, 2.45) is 5.92 Å². The number of aryl methyl sites for hydroxylation is 2. The summed E-state index contributed by atoms with van der Waals surface area (Å²) >= 11 is 0. The van der Waals surface area contributed by atoms with E-state index in [1.54, 1.807) is 7.11 Å². The predicted molar refractivity (Wildman–Crippen MR) is 79.9 cm³/mol. The Labute approximate surface area is 116 Å². The van der Waals surface area contributed by atoms with Crippen LogP contribution in [0.15, 0.2) is 12.1 Å². The Hall–Kier alpha value is -1.06. The van der Waals surface area contributed by atoms with Crippen LogP contribution in [0.1, 0.15) is 35.6 Å². The summed E-state index contributed by atoms with van der Waals surface area (Å²) in [6.07, 6.45) is 2.45. The molecule has 1 aromatic rings. The van der Waals surface area contributed by atoms with E-state index in [4.69, 9.17) is 4.74 Å². The number of nitrogens with one attached hydrogen (secondary N) is 2. The number of benzene rings is 1. The highest BCUT2D eigenvalue weighted by Crippen LogP contribution is 2.34. The number of ether oxygens (including phenoxy) is 1. The summed E-state index contributed by atoms with van der Waals surface area (Å²) in [6.45, 7) is 6.58. The predicted octanol–water partition coefficient (Wildman–Crippen LogP) is 2.57. The van der Waals surface area contributed by atoms with Crippen molar-refractivity contribution in [2.75, 3.05) is 27.2 Å². The Balaban J connectivity index is 2.25. The fourth-order valence-electron chi connectivity index (χ4n) is 3.17. The first-order chi connectivity index (χ1) is 9.15. The molecule has 3 nitrogen and oxygen atoms in total. The third-order valence-electron chi connectivity index (χ3n) is 4.11. The third-order valence-corrected chi connectivity index (χ3v) is 4.11. The molecule has 3 heteroatoms. The Bertz CT molecular complexity index is 425. The molecule has 2 atom stereocenters. The molecule has 19 heavy (non-hydrogen) atoms. The van der Waals surface area contributed by atoms with Crippen molar-refractivity contribution in [2.45, 2.75) is 32.7 Å². The van der Waals surface area contributed by atoms with Gasteiger partial charge in [0.15, 0.2) is 0 Å². The lowest BCUT2D eigenvalue weighted by molar-refractivity contribution is 0.380. The first-order valence-corrected chi connectivity index (χ1v) is 7.18. The van der Waals surface area contributed by atoms with Crippen LogP contribution in [0.2, 0.25) is 0 Å². The van der Waals surface area contributed by atoms with E-state index >= 15 is 0 Å².